The zero-order chi connectivity index (χ0) is 12.4. The van der Waals surface area contributed by atoms with E-state index in [1.54, 1.807) is 0 Å². The number of rotatable bonds is 3. The molecule has 0 amide bonds. The summed E-state index contributed by atoms with van der Waals surface area (Å²) in [6.45, 7) is 2.41. The van der Waals surface area contributed by atoms with E-state index < -0.39 is 0 Å². The number of nitrogens with one attached hydrogen (secondary N) is 1. The number of carbonyl (C=O) groups excluding carboxylic acids is 1. The summed E-state index contributed by atoms with van der Waals surface area (Å²) in [6.07, 6.45) is 2.40. The first-order valence-electron chi connectivity index (χ1n) is 6.39. The molecular formula is C14H16N2O2. The third-order valence-corrected chi connectivity index (χ3v) is 3.30. The lowest BCUT2D eigenvalue weighted by Gasteiger charge is -2.17. The standard InChI is InChI=1S/C14H16N2O2/c17-12(9-14-15-5-6-16-14)10-3-4-13-11(8-10)2-1-7-18-13/h3-4,8H,1-2,5-7,9H2,(H,15,16). The van der Waals surface area contributed by atoms with Crippen LogP contribution in [0.4, 0.5) is 0 Å². The summed E-state index contributed by atoms with van der Waals surface area (Å²) in [5.41, 5.74) is 1.91. The number of hydrogen-bond acceptors (Lipinski definition) is 4. The Labute approximate surface area is 106 Å². The molecule has 0 fully saturated rings. The van der Waals surface area contributed by atoms with Gasteiger partial charge >= 0.3 is 0 Å². The molecule has 2 heterocycles. The number of ketones is 1. The Kier molecular flexibility index (Phi) is 3.00. The van der Waals surface area contributed by atoms with Crippen molar-refractivity contribution in [2.75, 3.05) is 19.7 Å². The Morgan fingerprint density at radius 2 is 2.39 bits per heavy atom. The highest BCUT2D eigenvalue weighted by atomic mass is 16.5. The van der Waals surface area contributed by atoms with Crippen LogP contribution in [0.1, 0.15) is 28.8 Å². The molecule has 0 saturated carbocycles. The zero-order valence-electron chi connectivity index (χ0n) is 10.2. The summed E-state index contributed by atoms with van der Waals surface area (Å²) in [7, 11) is 0. The Balaban J connectivity index is 1.77. The van der Waals surface area contributed by atoms with Crippen molar-refractivity contribution in [2.24, 2.45) is 4.99 Å². The monoisotopic (exact) mass is 244 g/mol. The van der Waals surface area contributed by atoms with Crippen LogP contribution in [0.3, 0.4) is 0 Å². The van der Waals surface area contributed by atoms with Gasteiger partial charge in [-0.25, -0.2) is 0 Å². The Hall–Kier alpha value is -1.84. The molecule has 0 radical (unpaired) electrons. The van der Waals surface area contributed by atoms with Gasteiger partial charge in [-0.3, -0.25) is 9.79 Å². The number of amidine groups is 1. The first-order valence-corrected chi connectivity index (χ1v) is 6.39. The minimum atomic E-state index is 0.122. The molecule has 18 heavy (non-hydrogen) atoms. The van der Waals surface area contributed by atoms with Crippen molar-refractivity contribution in [1.29, 1.82) is 0 Å². The summed E-state index contributed by atoms with van der Waals surface area (Å²) < 4.78 is 5.54. The highest BCUT2D eigenvalue weighted by molar-refractivity contribution is 6.09. The molecule has 1 aromatic rings. The molecule has 2 aliphatic rings. The third kappa shape index (κ3) is 2.23. The van der Waals surface area contributed by atoms with Crippen LogP contribution in [-0.2, 0) is 6.42 Å². The molecule has 0 aromatic heterocycles. The van der Waals surface area contributed by atoms with Crippen LogP contribution in [0, 0.1) is 0 Å². The number of ether oxygens (including phenoxy) is 1. The lowest BCUT2D eigenvalue weighted by Crippen LogP contribution is -2.21. The number of hydrogen-bond donors (Lipinski definition) is 1. The molecule has 0 bridgehead atoms. The van der Waals surface area contributed by atoms with Gasteiger partial charge in [-0.1, -0.05) is 0 Å². The summed E-state index contributed by atoms with van der Waals surface area (Å²) in [5.74, 6) is 1.86. The molecule has 4 nitrogen and oxygen atoms in total. The minimum Gasteiger partial charge on any atom is -0.493 e. The van der Waals surface area contributed by atoms with Gasteiger partial charge in [-0.05, 0) is 36.6 Å². The number of nitrogens with zero attached hydrogens (tertiary/aromatic N) is 1. The molecule has 0 unspecified atom stereocenters. The van der Waals surface area contributed by atoms with Gasteiger partial charge in [0.2, 0.25) is 0 Å². The van der Waals surface area contributed by atoms with E-state index in [-0.39, 0.29) is 5.78 Å². The van der Waals surface area contributed by atoms with Gasteiger partial charge in [0.15, 0.2) is 5.78 Å². The van der Waals surface area contributed by atoms with Crippen LogP contribution >= 0.6 is 0 Å². The molecule has 94 valence electrons. The van der Waals surface area contributed by atoms with Gasteiger partial charge in [0.1, 0.15) is 11.6 Å². The van der Waals surface area contributed by atoms with E-state index in [2.05, 4.69) is 10.3 Å². The molecule has 0 atom stereocenters. The van der Waals surface area contributed by atoms with Crippen molar-refractivity contribution in [1.82, 2.24) is 5.32 Å². The predicted molar refractivity (Wildman–Crippen MR) is 69.5 cm³/mol. The Morgan fingerprint density at radius 3 is 3.22 bits per heavy atom. The first-order chi connectivity index (χ1) is 8.83. The smallest absolute Gasteiger partial charge is 0.170 e. The minimum absolute atomic E-state index is 0.122. The number of aryl methyl sites for hydroxylation is 1. The third-order valence-electron chi connectivity index (χ3n) is 3.30. The maximum Gasteiger partial charge on any atom is 0.170 e. The summed E-state index contributed by atoms with van der Waals surface area (Å²) in [5, 5.41) is 3.12. The average molecular weight is 244 g/mol. The van der Waals surface area contributed by atoms with Crippen molar-refractivity contribution >= 4 is 11.6 Å². The number of benzene rings is 1. The number of Topliss-reactive ketones (excluding diaryl/α,β-unsaturated/α-hetero) is 1. The van der Waals surface area contributed by atoms with Crippen LogP contribution < -0.4 is 10.1 Å². The Bertz CT molecular complexity index is 509. The van der Waals surface area contributed by atoms with Gasteiger partial charge < -0.3 is 10.1 Å². The molecule has 0 saturated heterocycles. The summed E-state index contributed by atoms with van der Waals surface area (Å²) >= 11 is 0. The second-order valence-corrected chi connectivity index (χ2v) is 4.63. The molecule has 4 heteroatoms. The van der Waals surface area contributed by atoms with Crippen LogP contribution in [0.25, 0.3) is 0 Å². The van der Waals surface area contributed by atoms with Crippen molar-refractivity contribution in [2.45, 2.75) is 19.3 Å². The fourth-order valence-electron chi connectivity index (χ4n) is 2.35. The number of aliphatic imine (C=N–C) groups is 1. The van der Waals surface area contributed by atoms with Crippen molar-refractivity contribution in [3.05, 3.63) is 29.3 Å². The lowest BCUT2D eigenvalue weighted by molar-refractivity contribution is 0.1000. The molecule has 0 spiro atoms. The average Bonchev–Trinajstić information content (AvgIpc) is 2.91. The van der Waals surface area contributed by atoms with Crippen molar-refractivity contribution in [3.8, 4) is 5.75 Å². The van der Waals surface area contributed by atoms with Crippen molar-refractivity contribution in [3.63, 3.8) is 0 Å². The highest BCUT2D eigenvalue weighted by Crippen LogP contribution is 2.26. The van der Waals surface area contributed by atoms with E-state index in [9.17, 15) is 4.79 Å². The van der Waals surface area contributed by atoms with Gasteiger partial charge in [0.05, 0.1) is 19.6 Å². The first kappa shape index (κ1) is 11.3. The van der Waals surface area contributed by atoms with Crippen LogP contribution in [-0.4, -0.2) is 31.3 Å². The lowest BCUT2D eigenvalue weighted by atomic mass is 10.00. The normalized spacial score (nSPS) is 17.4. The molecule has 1 N–H and O–H groups in total. The largest absolute Gasteiger partial charge is 0.493 e. The van der Waals surface area contributed by atoms with Gasteiger partial charge in [0.25, 0.3) is 0 Å². The SMILES string of the molecule is O=C(CC1=NCCN1)c1ccc2c(c1)CCCO2. The van der Waals surface area contributed by atoms with Crippen LogP contribution in [0.5, 0.6) is 5.75 Å². The molecule has 2 aliphatic heterocycles. The van der Waals surface area contributed by atoms with Gasteiger partial charge in [-0.2, -0.15) is 0 Å². The maximum absolute atomic E-state index is 12.1. The van der Waals surface area contributed by atoms with E-state index in [0.29, 0.717) is 6.42 Å². The molecular weight excluding hydrogens is 228 g/mol. The van der Waals surface area contributed by atoms with Crippen LogP contribution in [0.2, 0.25) is 0 Å². The van der Waals surface area contributed by atoms with E-state index in [4.69, 9.17) is 4.74 Å². The second-order valence-electron chi connectivity index (χ2n) is 4.63. The van der Waals surface area contributed by atoms with Crippen LogP contribution in [0.15, 0.2) is 23.2 Å². The Morgan fingerprint density at radius 1 is 1.44 bits per heavy atom. The quantitative estimate of drug-likeness (QED) is 0.821. The fraction of sp³-hybridized carbons (Fsp3) is 0.429. The van der Waals surface area contributed by atoms with Gasteiger partial charge in [-0.15, -0.1) is 0 Å². The van der Waals surface area contributed by atoms with E-state index in [1.807, 2.05) is 18.2 Å². The summed E-state index contributed by atoms with van der Waals surface area (Å²) in [6, 6.07) is 5.72. The maximum atomic E-state index is 12.1. The van der Waals surface area contributed by atoms with Gasteiger partial charge in [0, 0.05) is 12.1 Å². The highest BCUT2D eigenvalue weighted by Gasteiger charge is 2.16. The zero-order valence-corrected chi connectivity index (χ0v) is 10.2. The molecule has 1 aromatic carbocycles. The van der Waals surface area contributed by atoms with E-state index in [0.717, 1.165) is 55.3 Å². The second kappa shape index (κ2) is 4.80. The van der Waals surface area contributed by atoms with E-state index in [1.165, 1.54) is 0 Å². The summed E-state index contributed by atoms with van der Waals surface area (Å²) in [4.78, 5) is 16.4. The predicted octanol–water partition coefficient (Wildman–Crippen LogP) is 1.59. The van der Waals surface area contributed by atoms with Crippen molar-refractivity contribution < 1.29 is 9.53 Å². The number of carbonyl (C=O) groups is 1. The number of fused-ring (bicyclic) bond motifs is 1. The molecule has 0 aliphatic carbocycles. The topological polar surface area (TPSA) is 50.7 Å². The van der Waals surface area contributed by atoms with E-state index >= 15 is 0 Å². The fourth-order valence-corrected chi connectivity index (χ4v) is 2.35. The molecule has 3 rings (SSSR count).